The molecule has 1 saturated heterocycles. The SMILES string of the molecule is C/C(=C/c1ccccc1)CNCC1(O)CCSCC1. The third kappa shape index (κ3) is 5.01. The number of hydrogen-bond acceptors (Lipinski definition) is 3. The molecule has 1 heterocycles. The highest BCUT2D eigenvalue weighted by Crippen LogP contribution is 2.26. The lowest BCUT2D eigenvalue weighted by Crippen LogP contribution is -2.43. The summed E-state index contributed by atoms with van der Waals surface area (Å²) in [5.41, 5.74) is 2.03. The average molecular weight is 277 g/mol. The minimum atomic E-state index is -0.488. The van der Waals surface area contributed by atoms with Gasteiger partial charge in [0.2, 0.25) is 0 Å². The Labute approximate surface area is 120 Å². The number of rotatable bonds is 5. The van der Waals surface area contributed by atoms with Crippen LogP contribution in [0.3, 0.4) is 0 Å². The Morgan fingerprint density at radius 2 is 2.00 bits per heavy atom. The van der Waals surface area contributed by atoms with Crippen LogP contribution in [0, 0.1) is 0 Å². The zero-order valence-electron chi connectivity index (χ0n) is 11.6. The number of benzene rings is 1. The first-order chi connectivity index (χ1) is 9.18. The maximum atomic E-state index is 10.4. The van der Waals surface area contributed by atoms with E-state index in [-0.39, 0.29) is 0 Å². The van der Waals surface area contributed by atoms with E-state index in [1.54, 1.807) is 0 Å². The summed E-state index contributed by atoms with van der Waals surface area (Å²) in [7, 11) is 0. The topological polar surface area (TPSA) is 32.3 Å². The highest BCUT2D eigenvalue weighted by molar-refractivity contribution is 7.99. The van der Waals surface area contributed by atoms with Crippen LogP contribution in [0.2, 0.25) is 0 Å². The second-order valence-corrected chi connectivity index (χ2v) is 6.57. The van der Waals surface area contributed by atoms with Crippen molar-refractivity contribution >= 4 is 17.8 Å². The Balaban J connectivity index is 1.77. The zero-order chi connectivity index (χ0) is 13.6. The van der Waals surface area contributed by atoms with E-state index in [2.05, 4.69) is 42.6 Å². The van der Waals surface area contributed by atoms with Gasteiger partial charge in [0.25, 0.3) is 0 Å². The van der Waals surface area contributed by atoms with E-state index in [1.165, 1.54) is 11.1 Å². The van der Waals surface area contributed by atoms with Gasteiger partial charge in [-0.15, -0.1) is 0 Å². The van der Waals surface area contributed by atoms with Gasteiger partial charge in [0.05, 0.1) is 5.60 Å². The van der Waals surface area contributed by atoms with Crippen LogP contribution in [0.4, 0.5) is 0 Å². The first-order valence-corrected chi connectivity index (χ1v) is 8.07. The summed E-state index contributed by atoms with van der Waals surface area (Å²) in [4.78, 5) is 0. The van der Waals surface area contributed by atoms with Gasteiger partial charge in [0.1, 0.15) is 0 Å². The van der Waals surface area contributed by atoms with Gasteiger partial charge in [0, 0.05) is 13.1 Å². The minimum absolute atomic E-state index is 0.488. The Morgan fingerprint density at radius 3 is 2.68 bits per heavy atom. The fourth-order valence-electron chi connectivity index (χ4n) is 2.31. The molecule has 0 saturated carbocycles. The largest absolute Gasteiger partial charge is 0.389 e. The molecule has 104 valence electrons. The van der Waals surface area contributed by atoms with Gasteiger partial charge >= 0.3 is 0 Å². The molecule has 0 aliphatic carbocycles. The van der Waals surface area contributed by atoms with Crippen LogP contribution in [-0.2, 0) is 0 Å². The van der Waals surface area contributed by atoms with Crippen molar-refractivity contribution in [2.45, 2.75) is 25.4 Å². The van der Waals surface area contributed by atoms with Crippen LogP contribution in [0.5, 0.6) is 0 Å². The molecular formula is C16H23NOS. The number of nitrogens with one attached hydrogen (secondary N) is 1. The molecule has 0 bridgehead atoms. The minimum Gasteiger partial charge on any atom is -0.389 e. The Kier molecular flexibility index (Phi) is 5.49. The van der Waals surface area contributed by atoms with Crippen molar-refractivity contribution in [3.05, 3.63) is 41.5 Å². The van der Waals surface area contributed by atoms with Crippen LogP contribution < -0.4 is 5.32 Å². The predicted molar refractivity (Wildman–Crippen MR) is 84.5 cm³/mol. The molecule has 1 aromatic carbocycles. The molecule has 1 aliphatic heterocycles. The van der Waals surface area contributed by atoms with Crippen LogP contribution >= 0.6 is 11.8 Å². The molecular weight excluding hydrogens is 254 g/mol. The molecule has 0 atom stereocenters. The number of thioether (sulfide) groups is 1. The average Bonchev–Trinajstić information content (AvgIpc) is 2.40. The van der Waals surface area contributed by atoms with E-state index in [0.29, 0.717) is 6.54 Å². The lowest BCUT2D eigenvalue weighted by molar-refractivity contribution is 0.0331. The smallest absolute Gasteiger partial charge is 0.0787 e. The highest BCUT2D eigenvalue weighted by atomic mass is 32.2. The maximum absolute atomic E-state index is 10.4. The normalized spacial score (nSPS) is 19.4. The summed E-state index contributed by atoms with van der Waals surface area (Å²) in [6.45, 7) is 3.67. The van der Waals surface area contributed by atoms with Crippen LogP contribution in [0.1, 0.15) is 25.3 Å². The summed E-state index contributed by atoms with van der Waals surface area (Å²) < 4.78 is 0. The van der Waals surface area contributed by atoms with E-state index in [1.807, 2.05) is 17.8 Å². The van der Waals surface area contributed by atoms with Gasteiger partial charge in [-0.25, -0.2) is 0 Å². The quantitative estimate of drug-likeness (QED) is 0.868. The Morgan fingerprint density at radius 1 is 1.32 bits per heavy atom. The first kappa shape index (κ1) is 14.6. The lowest BCUT2D eigenvalue weighted by Gasteiger charge is -2.32. The molecule has 0 radical (unpaired) electrons. The molecule has 1 aliphatic rings. The summed E-state index contributed by atoms with van der Waals surface area (Å²) in [6, 6.07) is 10.3. The van der Waals surface area contributed by atoms with E-state index < -0.39 is 5.60 Å². The Hall–Kier alpha value is -0.770. The van der Waals surface area contributed by atoms with Gasteiger partial charge < -0.3 is 10.4 Å². The Bertz CT molecular complexity index is 410. The third-order valence-electron chi connectivity index (χ3n) is 3.49. The lowest BCUT2D eigenvalue weighted by atomic mass is 9.97. The van der Waals surface area contributed by atoms with Crippen molar-refractivity contribution in [3.8, 4) is 0 Å². The van der Waals surface area contributed by atoms with Gasteiger partial charge in [-0.2, -0.15) is 11.8 Å². The van der Waals surface area contributed by atoms with Crippen molar-refractivity contribution in [2.24, 2.45) is 0 Å². The summed E-state index contributed by atoms with van der Waals surface area (Å²) >= 11 is 1.94. The molecule has 19 heavy (non-hydrogen) atoms. The van der Waals surface area contributed by atoms with Gasteiger partial charge in [-0.1, -0.05) is 42.0 Å². The van der Waals surface area contributed by atoms with E-state index in [9.17, 15) is 5.11 Å². The van der Waals surface area contributed by atoms with E-state index in [0.717, 1.165) is 30.9 Å². The highest BCUT2D eigenvalue weighted by Gasteiger charge is 2.28. The van der Waals surface area contributed by atoms with Gasteiger partial charge in [-0.05, 0) is 36.8 Å². The fraction of sp³-hybridized carbons (Fsp3) is 0.500. The number of hydrogen-bond donors (Lipinski definition) is 2. The van der Waals surface area contributed by atoms with Crippen LogP contribution in [0.25, 0.3) is 6.08 Å². The molecule has 0 spiro atoms. The van der Waals surface area contributed by atoms with Crippen molar-refractivity contribution in [3.63, 3.8) is 0 Å². The fourth-order valence-corrected chi connectivity index (χ4v) is 3.56. The summed E-state index contributed by atoms with van der Waals surface area (Å²) in [6.07, 6.45) is 4.01. The predicted octanol–water partition coefficient (Wildman–Crippen LogP) is 2.94. The van der Waals surface area contributed by atoms with Crippen LogP contribution in [-0.4, -0.2) is 35.3 Å². The second kappa shape index (κ2) is 7.13. The van der Waals surface area contributed by atoms with Crippen molar-refractivity contribution in [2.75, 3.05) is 24.6 Å². The van der Waals surface area contributed by atoms with Crippen LogP contribution in [0.15, 0.2) is 35.9 Å². The molecule has 2 rings (SSSR count). The molecule has 0 unspecified atom stereocenters. The third-order valence-corrected chi connectivity index (χ3v) is 4.48. The second-order valence-electron chi connectivity index (χ2n) is 5.34. The summed E-state index contributed by atoms with van der Waals surface area (Å²) in [5, 5.41) is 13.8. The molecule has 1 fully saturated rings. The molecule has 3 heteroatoms. The molecule has 1 aromatic rings. The van der Waals surface area contributed by atoms with E-state index >= 15 is 0 Å². The molecule has 0 amide bonds. The van der Waals surface area contributed by atoms with Crippen molar-refractivity contribution < 1.29 is 5.11 Å². The first-order valence-electron chi connectivity index (χ1n) is 6.91. The van der Waals surface area contributed by atoms with Gasteiger partial charge in [-0.3, -0.25) is 0 Å². The standard InChI is InChI=1S/C16H23NOS/c1-14(11-15-5-3-2-4-6-15)12-17-13-16(18)7-9-19-10-8-16/h2-6,11,17-18H,7-10,12-13H2,1H3/b14-11-. The summed E-state index contributed by atoms with van der Waals surface area (Å²) in [5.74, 6) is 2.16. The number of aliphatic hydroxyl groups is 1. The molecule has 2 N–H and O–H groups in total. The van der Waals surface area contributed by atoms with Crippen molar-refractivity contribution in [1.29, 1.82) is 0 Å². The van der Waals surface area contributed by atoms with Gasteiger partial charge in [0.15, 0.2) is 0 Å². The maximum Gasteiger partial charge on any atom is 0.0787 e. The monoisotopic (exact) mass is 277 g/mol. The van der Waals surface area contributed by atoms with E-state index in [4.69, 9.17) is 0 Å². The zero-order valence-corrected chi connectivity index (χ0v) is 12.4. The molecule has 0 aromatic heterocycles. The van der Waals surface area contributed by atoms with Crippen molar-refractivity contribution in [1.82, 2.24) is 5.32 Å². The molecule has 2 nitrogen and oxygen atoms in total.